The lowest BCUT2D eigenvalue weighted by molar-refractivity contribution is 0.106. The maximum Gasteiger partial charge on any atom is 0.255 e. The lowest BCUT2D eigenvalue weighted by Crippen LogP contribution is -2.02. The second-order valence-electron chi connectivity index (χ2n) is 2.36. The third-order valence-corrected chi connectivity index (χ3v) is 1.89. The third-order valence-electron chi connectivity index (χ3n) is 1.48. The zero-order valence-corrected chi connectivity index (χ0v) is 7.99. The normalized spacial score (nSPS) is 10.0. The molecule has 0 amide bonds. The summed E-state index contributed by atoms with van der Waals surface area (Å²) >= 11 is 9.90. The molecular formula is C8H2Cl2F2O2. The fourth-order valence-electron chi connectivity index (χ4n) is 0.848. The predicted molar refractivity (Wildman–Crippen MR) is 46.7 cm³/mol. The summed E-state index contributed by atoms with van der Waals surface area (Å²) in [6.45, 7) is 0. The van der Waals surface area contributed by atoms with Crippen LogP contribution in [0.1, 0.15) is 20.7 Å². The molecule has 74 valence electrons. The second kappa shape index (κ2) is 4.02. The zero-order valence-electron chi connectivity index (χ0n) is 6.48. The molecule has 0 saturated carbocycles. The molecule has 0 aliphatic heterocycles. The summed E-state index contributed by atoms with van der Waals surface area (Å²) in [5.74, 6) is -2.18. The highest BCUT2D eigenvalue weighted by Gasteiger charge is 2.17. The smallest absolute Gasteiger partial charge is 0.255 e. The monoisotopic (exact) mass is 238 g/mol. The van der Waals surface area contributed by atoms with Gasteiger partial charge in [-0.15, -0.1) is 0 Å². The number of rotatable bonds is 2. The summed E-state index contributed by atoms with van der Waals surface area (Å²) in [5, 5.41) is -2.29. The van der Waals surface area contributed by atoms with Crippen molar-refractivity contribution >= 4 is 33.7 Å². The molecular weight excluding hydrogens is 237 g/mol. The van der Waals surface area contributed by atoms with Crippen molar-refractivity contribution in [3.63, 3.8) is 0 Å². The number of hydrogen-bond acceptors (Lipinski definition) is 2. The van der Waals surface area contributed by atoms with Gasteiger partial charge in [-0.1, -0.05) is 0 Å². The molecule has 0 saturated heterocycles. The molecule has 1 aromatic rings. The second-order valence-corrected chi connectivity index (χ2v) is 3.05. The molecule has 0 aliphatic rings. The minimum atomic E-state index is -1.14. The van der Waals surface area contributed by atoms with Crippen LogP contribution in [0.25, 0.3) is 0 Å². The Morgan fingerprint density at radius 2 is 1.21 bits per heavy atom. The molecule has 0 atom stereocenters. The van der Waals surface area contributed by atoms with Crippen LogP contribution in [0.15, 0.2) is 12.1 Å². The molecule has 0 aliphatic carbocycles. The standard InChI is InChI=1S/C8H2Cl2F2O2/c9-7(13)3-1-5(11)4(8(10)14)2-6(3)12/h1-2H. The summed E-state index contributed by atoms with van der Waals surface area (Å²) in [6.07, 6.45) is 0. The van der Waals surface area contributed by atoms with E-state index in [-0.39, 0.29) is 0 Å². The minimum absolute atomic E-state index is 0.528. The maximum absolute atomic E-state index is 13.0. The van der Waals surface area contributed by atoms with E-state index in [1.54, 1.807) is 0 Å². The Balaban J connectivity index is 3.38. The van der Waals surface area contributed by atoms with Crippen molar-refractivity contribution in [1.29, 1.82) is 0 Å². The van der Waals surface area contributed by atoms with Crippen molar-refractivity contribution in [3.8, 4) is 0 Å². The van der Waals surface area contributed by atoms with Gasteiger partial charge >= 0.3 is 0 Å². The predicted octanol–water partition coefficient (Wildman–Crippen LogP) is 2.72. The van der Waals surface area contributed by atoms with E-state index in [9.17, 15) is 18.4 Å². The number of hydrogen-bond donors (Lipinski definition) is 0. The molecule has 0 N–H and O–H groups in total. The van der Waals surface area contributed by atoms with Crippen LogP contribution in [0, 0.1) is 11.6 Å². The number of carbonyl (C=O) groups excluding carboxylic acids is 2. The lowest BCUT2D eigenvalue weighted by Gasteiger charge is -2.00. The van der Waals surface area contributed by atoms with Crippen LogP contribution < -0.4 is 0 Å². The van der Waals surface area contributed by atoms with Crippen molar-refractivity contribution in [3.05, 3.63) is 34.9 Å². The third kappa shape index (κ3) is 2.08. The molecule has 6 heteroatoms. The van der Waals surface area contributed by atoms with Crippen LogP contribution in [0.4, 0.5) is 8.78 Å². The molecule has 14 heavy (non-hydrogen) atoms. The average Bonchev–Trinajstić information content (AvgIpc) is 2.07. The van der Waals surface area contributed by atoms with Gasteiger partial charge in [0.15, 0.2) is 0 Å². The summed E-state index contributed by atoms with van der Waals surface area (Å²) in [6, 6.07) is 1.06. The number of benzene rings is 1. The summed E-state index contributed by atoms with van der Waals surface area (Å²) in [5.41, 5.74) is -1.27. The fourth-order valence-corrected chi connectivity index (χ4v) is 1.14. The number of carbonyl (C=O) groups is 2. The Morgan fingerprint density at radius 1 is 0.929 bits per heavy atom. The first-order valence-corrected chi connectivity index (χ1v) is 4.07. The van der Waals surface area contributed by atoms with Crippen molar-refractivity contribution < 1.29 is 18.4 Å². The first-order valence-electron chi connectivity index (χ1n) is 3.32. The van der Waals surface area contributed by atoms with Crippen molar-refractivity contribution in [2.75, 3.05) is 0 Å². The Kier molecular flexibility index (Phi) is 3.18. The van der Waals surface area contributed by atoms with E-state index >= 15 is 0 Å². The van der Waals surface area contributed by atoms with Gasteiger partial charge in [0.2, 0.25) is 0 Å². The molecule has 0 aromatic heterocycles. The van der Waals surface area contributed by atoms with Gasteiger partial charge < -0.3 is 0 Å². The largest absolute Gasteiger partial charge is 0.275 e. The fraction of sp³-hybridized carbons (Fsp3) is 0. The van der Waals surface area contributed by atoms with Gasteiger partial charge in [0.05, 0.1) is 11.1 Å². The Bertz CT molecular complexity index is 378. The van der Waals surface area contributed by atoms with Crippen LogP contribution in [-0.2, 0) is 0 Å². The van der Waals surface area contributed by atoms with Crippen LogP contribution in [-0.4, -0.2) is 10.5 Å². The van der Waals surface area contributed by atoms with E-state index in [0.717, 1.165) is 0 Å². The molecule has 2 nitrogen and oxygen atoms in total. The summed E-state index contributed by atoms with van der Waals surface area (Å²) in [4.78, 5) is 21.1. The Morgan fingerprint density at radius 3 is 1.43 bits per heavy atom. The first-order chi connectivity index (χ1) is 6.43. The molecule has 0 fully saturated rings. The van der Waals surface area contributed by atoms with Crippen molar-refractivity contribution in [2.24, 2.45) is 0 Å². The van der Waals surface area contributed by atoms with Gasteiger partial charge in [-0.25, -0.2) is 8.78 Å². The SMILES string of the molecule is O=C(Cl)c1cc(F)c(C(=O)Cl)cc1F. The molecule has 1 rings (SSSR count). The van der Waals surface area contributed by atoms with Gasteiger partial charge in [-0.2, -0.15) is 0 Å². The number of halogens is 4. The highest BCUT2D eigenvalue weighted by molar-refractivity contribution is 6.68. The van der Waals surface area contributed by atoms with Gasteiger partial charge in [0, 0.05) is 0 Å². The Labute approximate surface area is 87.4 Å². The molecule has 0 unspecified atom stereocenters. The molecule has 1 aromatic carbocycles. The van der Waals surface area contributed by atoms with Crippen LogP contribution in [0.5, 0.6) is 0 Å². The van der Waals surface area contributed by atoms with Crippen LogP contribution >= 0.6 is 23.2 Å². The van der Waals surface area contributed by atoms with Crippen molar-refractivity contribution in [2.45, 2.75) is 0 Å². The van der Waals surface area contributed by atoms with Gasteiger partial charge in [0.25, 0.3) is 10.5 Å². The molecule has 0 heterocycles. The average molecular weight is 239 g/mol. The highest BCUT2D eigenvalue weighted by atomic mass is 35.5. The van der Waals surface area contributed by atoms with Gasteiger partial charge in [-0.3, -0.25) is 9.59 Å². The minimum Gasteiger partial charge on any atom is -0.275 e. The van der Waals surface area contributed by atoms with Gasteiger partial charge in [-0.05, 0) is 35.3 Å². The highest BCUT2D eigenvalue weighted by Crippen LogP contribution is 2.18. The van der Waals surface area contributed by atoms with E-state index in [4.69, 9.17) is 23.2 Å². The summed E-state index contributed by atoms with van der Waals surface area (Å²) < 4.78 is 25.9. The van der Waals surface area contributed by atoms with Gasteiger partial charge in [0.1, 0.15) is 11.6 Å². The molecule has 0 radical (unpaired) electrons. The van der Waals surface area contributed by atoms with E-state index in [1.165, 1.54) is 0 Å². The quantitative estimate of drug-likeness (QED) is 0.743. The zero-order chi connectivity index (χ0) is 10.9. The Hall–Kier alpha value is -1.00. The maximum atomic E-state index is 13.0. The van der Waals surface area contributed by atoms with Crippen LogP contribution in [0.3, 0.4) is 0 Å². The first kappa shape index (κ1) is 11.1. The van der Waals surface area contributed by atoms with E-state index < -0.39 is 33.2 Å². The summed E-state index contributed by atoms with van der Waals surface area (Å²) in [7, 11) is 0. The molecule has 0 spiro atoms. The lowest BCUT2D eigenvalue weighted by atomic mass is 10.1. The van der Waals surface area contributed by atoms with E-state index in [2.05, 4.69) is 0 Å². The van der Waals surface area contributed by atoms with E-state index in [0.29, 0.717) is 12.1 Å². The topological polar surface area (TPSA) is 34.1 Å². The van der Waals surface area contributed by atoms with E-state index in [1.807, 2.05) is 0 Å². The van der Waals surface area contributed by atoms with Crippen LogP contribution in [0.2, 0.25) is 0 Å². The van der Waals surface area contributed by atoms with Crippen molar-refractivity contribution in [1.82, 2.24) is 0 Å². The molecule has 0 bridgehead atoms.